The fraction of sp³-hybridized carbons (Fsp3) is 0.333. The molecule has 0 fully saturated rings. The number of hydrogen-bond acceptors (Lipinski definition) is 3. The minimum absolute atomic E-state index is 0.673. The van der Waals surface area contributed by atoms with Crippen LogP contribution in [-0.4, -0.2) is 14.8 Å². The average Bonchev–Trinajstić information content (AvgIpc) is 2.68. The van der Waals surface area contributed by atoms with Crippen LogP contribution in [-0.2, 0) is 13.6 Å². The molecule has 0 saturated carbocycles. The van der Waals surface area contributed by atoms with Crippen LogP contribution in [0.3, 0.4) is 0 Å². The Labute approximate surface area is 109 Å². The van der Waals surface area contributed by atoms with Gasteiger partial charge < -0.3 is 5.32 Å². The molecule has 0 unspecified atom stereocenters. The fourth-order valence-corrected chi connectivity index (χ4v) is 2.01. The van der Waals surface area contributed by atoms with Gasteiger partial charge in [-0.05, 0) is 31.0 Å². The van der Waals surface area contributed by atoms with Crippen LogP contribution in [0.15, 0.2) is 22.9 Å². The van der Waals surface area contributed by atoms with Gasteiger partial charge in [-0.15, -0.1) is 0 Å². The van der Waals surface area contributed by atoms with Crippen LogP contribution in [0.2, 0.25) is 0 Å². The summed E-state index contributed by atoms with van der Waals surface area (Å²) in [6.07, 6.45) is 1.56. The quantitative estimate of drug-likeness (QED) is 0.947. The molecule has 0 aliphatic carbocycles. The smallest absolute Gasteiger partial charge is 0.145 e. The van der Waals surface area contributed by atoms with Crippen LogP contribution in [0.5, 0.6) is 0 Å². The van der Waals surface area contributed by atoms with E-state index in [-0.39, 0.29) is 0 Å². The topological polar surface area (TPSA) is 42.7 Å². The van der Waals surface area contributed by atoms with E-state index in [0.29, 0.717) is 6.54 Å². The van der Waals surface area contributed by atoms with Gasteiger partial charge in [0.05, 0.1) is 6.54 Å². The van der Waals surface area contributed by atoms with Crippen LogP contribution < -0.4 is 5.32 Å². The Hall–Kier alpha value is -1.36. The molecule has 0 aliphatic heterocycles. The highest BCUT2D eigenvalue weighted by atomic mass is 79.9. The molecule has 17 heavy (non-hydrogen) atoms. The summed E-state index contributed by atoms with van der Waals surface area (Å²) in [5, 5.41) is 7.41. The maximum absolute atomic E-state index is 4.18. The lowest BCUT2D eigenvalue weighted by Crippen LogP contribution is -2.07. The van der Waals surface area contributed by atoms with E-state index in [0.717, 1.165) is 16.0 Å². The molecule has 1 aromatic carbocycles. The minimum atomic E-state index is 0.673. The second-order valence-electron chi connectivity index (χ2n) is 4.07. The Bertz CT molecular complexity index is 533. The van der Waals surface area contributed by atoms with Gasteiger partial charge in [0.15, 0.2) is 0 Å². The zero-order valence-corrected chi connectivity index (χ0v) is 11.7. The maximum Gasteiger partial charge on any atom is 0.145 e. The molecule has 0 spiro atoms. The van der Waals surface area contributed by atoms with Crippen molar-refractivity contribution in [1.29, 1.82) is 0 Å². The lowest BCUT2D eigenvalue weighted by molar-refractivity contribution is 0.712. The van der Waals surface area contributed by atoms with Gasteiger partial charge in [0.1, 0.15) is 12.2 Å². The monoisotopic (exact) mass is 294 g/mol. The van der Waals surface area contributed by atoms with E-state index >= 15 is 0 Å². The van der Waals surface area contributed by atoms with Crippen LogP contribution >= 0.6 is 15.9 Å². The zero-order valence-electron chi connectivity index (χ0n) is 10.2. The number of nitrogens with zero attached hydrogens (tertiary/aromatic N) is 3. The largest absolute Gasteiger partial charge is 0.378 e. The van der Waals surface area contributed by atoms with Crippen molar-refractivity contribution in [1.82, 2.24) is 14.8 Å². The van der Waals surface area contributed by atoms with E-state index in [1.165, 1.54) is 11.1 Å². The standard InChI is InChI=1S/C12H15BrN4/c1-8-4-9(2)11(5-10(8)13)14-6-12-15-7-16-17(12)3/h4-5,7,14H,6H2,1-3H3. The molecule has 1 N–H and O–H groups in total. The molecule has 0 aliphatic rings. The first-order valence-electron chi connectivity index (χ1n) is 5.41. The summed E-state index contributed by atoms with van der Waals surface area (Å²) in [5.74, 6) is 0.918. The Kier molecular flexibility index (Phi) is 3.47. The number of aromatic nitrogens is 3. The number of anilines is 1. The number of benzene rings is 1. The maximum atomic E-state index is 4.18. The summed E-state index contributed by atoms with van der Waals surface area (Å²) in [4.78, 5) is 4.18. The zero-order chi connectivity index (χ0) is 12.4. The summed E-state index contributed by atoms with van der Waals surface area (Å²) >= 11 is 3.54. The predicted molar refractivity (Wildman–Crippen MR) is 71.9 cm³/mol. The van der Waals surface area contributed by atoms with E-state index in [4.69, 9.17) is 0 Å². The Morgan fingerprint density at radius 1 is 1.29 bits per heavy atom. The number of hydrogen-bond donors (Lipinski definition) is 1. The van der Waals surface area contributed by atoms with Crippen molar-refractivity contribution < 1.29 is 0 Å². The van der Waals surface area contributed by atoms with Crippen molar-refractivity contribution in [2.24, 2.45) is 7.05 Å². The van der Waals surface area contributed by atoms with E-state index < -0.39 is 0 Å². The van der Waals surface area contributed by atoms with Gasteiger partial charge in [0.2, 0.25) is 0 Å². The lowest BCUT2D eigenvalue weighted by Gasteiger charge is -2.11. The molecular weight excluding hydrogens is 280 g/mol. The third-order valence-corrected chi connectivity index (χ3v) is 3.60. The summed E-state index contributed by atoms with van der Waals surface area (Å²) < 4.78 is 2.88. The number of aryl methyl sites for hydroxylation is 3. The molecule has 5 heteroatoms. The summed E-state index contributed by atoms with van der Waals surface area (Å²) in [7, 11) is 1.89. The minimum Gasteiger partial charge on any atom is -0.378 e. The van der Waals surface area contributed by atoms with Crippen molar-refractivity contribution in [3.63, 3.8) is 0 Å². The van der Waals surface area contributed by atoms with Gasteiger partial charge in [-0.3, -0.25) is 4.68 Å². The average molecular weight is 295 g/mol. The molecule has 2 aromatic rings. The summed E-state index contributed by atoms with van der Waals surface area (Å²) in [6, 6.07) is 4.25. The molecular formula is C12H15BrN4. The normalized spacial score (nSPS) is 10.6. The van der Waals surface area contributed by atoms with Gasteiger partial charge in [0.25, 0.3) is 0 Å². The Balaban J connectivity index is 2.14. The molecule has 2 rings (SSSR count). The number of halogens is 1. The first-order chi connectivity index (χ1) is 8.08. The SMILES string of the molecule is Cc1cc(C)c(NCc2ncnn2C)cc1Br. The summed E-state index contributed by atoms with van der Waals surface area (Å²) in [6.45, 7) is 4.86. The van der Waals surface area contributed by atoms with Crippen LogP contribution in [0.4, 0.5) is 5.69 Å². The van der Waals surface area contributed by atoms with Crippen LogP contribution in [0.1, 0.15) is 17.0 Å². The molecule has 90 valence electrons. The molecule has 1 aromatic heterocycles. The van der Waals surface area contributed by atoms with E-state index in [1.807, 2.05) is 7.05 Å². The third kappa shape index (κ3) is 2.66. The van der Waals surface area contributed by atoms with Crippen molar-refractivity contribution in [3.8, 4) is 0 Å². The van der Waals surface area contributed by atoms with Crippen molar-refractivity contribution in [2.75, 3.05) is 5.32 Å². The highest BCUT2D eigenvalue weighted by Gasteiger charge is 2.04. The molecule has 0 bridgehead atoms. The molecule has 0 atom stereocenters. The highest BCUT2D eigenvalue weighted by molar-refractivity contribution is 9.10. The molecule has 0 radical (unpaired) electrons. The van der Waals surface area contributed by atoms with Crippen LogP contribution in [0, 0.1) is 13.8 Å². The predicted octanol–water partition coefficient (Wildman–Crippen LogP) is 2.81. The van der Waals surface area contributed by atoms with E-state index in [2.05, 4.69) is 57.3 Å². The van der Waals surface area contributed by atoms with E-state index in [1.54, 1.807) is 11.0 Å². The molecule has 0 saturated heterocycles. The molecule has 1 heterocycles. The van der Waals surface area contributed by atoms with Crippen molar-refractivity contribution in [3.05, 3.63) is 39.9 Å². The first kappa shape index (κ1) is 12.1. The highest BCUT2D eigenvalue weighted by Crippen LogP contribution is 2.24. The lowest BCUT2D eigenvalue weighted by atomic mass is 10.1. The Morgan fingerprint density at radius 2 is 2.06 bits per heavy atom. The van der Waals surface area contributed by atoms with Gasteiger partial charge in [0, 0.05) is 17.2 Å². The second kappa shape index (κ2) is 4.87. The first-order valence-corrected chi connectivity index (χ1v) is 6.20. The van der Waals surface area contributed by atoms with E-state index in [9.17, 15) is 0 Å². The van der Waals surface area contributed by atoms with Gasteiger partial charge in [-0.25, -0.2) is 4.98 Å². The third-order valence-electron chi connectivity index (χ3n) is 2.75. The second-order valence-corrected chi connectivity index (χ2v) is 4.92. The van der Waals surface area contributed by atoms with Gasteiger partial charge in [-0.2, -0.15) is 5.10 Å². The van der Waals surface area contributed by atoms with Crippen molar-refractivity contribution in [2.45, 2.75) is 20.4 Å². The molecule has 0 amide bonds. The van der Waals surface area contributed by atoms with Crippen molar-refractivity contribution >= 4 is 21.6 Å². The van der Waals surface area contributed by atoms with Gasteiger partial charge >= 0.3 is 0 Å². The fourth-order valence-electron chi connectivity index (χ4n) is 1.67. The van der Waals surface area contributed by atoms with Gasteiger partial charge in [-0.1, -0.05) is 22.0 Å². The number of nitrogens with one attached hydrogen (secondary N) is 1. The van der Waals surface area contributed by atoms with Crippen LogP contribution in [0.25, 0.3) is 0 Å². The summed E-state index contributed by atoms with van der Waals surface area (Å²) in [5.41, 5.74) is 3.59. The molecule has 4 nitrogen and oxygen atoms in total. The number of rotatable bonds is 3. The Morgan fingerprint density at radius 3 is 2.71 bits per heavy atom.